The van der Waals surface area contributed by atoms with E-state index < -0.39 is 0 Å². The summed E-state index contributed by atoms with van der Waals surface area (Å²) in [6.45, 7) is 15.2. The Morgan fingerprint density at radius 1 is 0.622 bits per heavy atom. The fraction of sp³-hybridized carbons (Fsp3) is 0.886. The molecule has 9 rings (SSSR count). The highest BCUT2D eigenvalue weighted by Crippen LogP contribution is 2.72. The summed E-state index contributed by atoms with van der Waals surface area (Å²) in [5.41, 5.74) is 4.17. The molecule has 9 aliphatic rings. The topological polar surface area (TPSA) is 0 Å². The molecular weight excluding hydrogens is 482 g/mol. The van der Waals surface area contributed by atoms with Gasteiger partial charge in [-0.3, -0.25) is 0 Å². The van der Waals surface area contributed by atoms with Gasteiger partial charge in [-0.15, -0.1) is 0 Å². The van der Waals surface area contributed by atoms with Crippen LogP contribution in [-0.4, -0.2) is 34.0 Å². The van der Waals surface area contributed by atoms with E-state index in [4.69, 9.17) is 0 Å². The number of rotatable bonds is 6. The molecule has 0 N–H and O–H groups in total. The van der Waals surface area contributed by atoms with Crippen LogP contribution in [0.5, 0.6) is 0 Å². The van der Waals surface area contributed by atoms with Gasteiger partial charge in [0.05, 0.1) is 0 Å². The van der Waals surface area contributed by atoms with E-state index in [2.05, 4.69) is 59.8 Å². The van der Waals surface area contributed by atoms with Gasteiger partial charge in [0.15, 0.2) is 0 Å². The average Bonchev–Trinajstić information content (AvgIpc) is 3.21. The first kappa shape index (κ1) is 26.3. The minimum atomic E-state index is -0.0387. The lowest BCUT2D eigenvalue weighted by molar-refractivity contribution is 0.0131. The molecule has 0 aliphatic heterocycles. The third-order valence-corrected chi connectivity index (χ3v) is 20.6. The predicted molar refractivity (Wildman–Crippen MR) is 165 cm³/mol. The third kappa shape index (κ3) is 4.81. The summed E-state index contributed by atoms with van der Waals surface area (Å²) in [7, 11) is 0.0809. The van der Waals surface area contributed by atoms with E-state index in [-0.39, 0.29) is 15.8 Å². The zero-order valence-corrected chi connectivity index (χ0v) is 26.8. The van der Waals surface area contributed by atoms with Gasteiger partial charge in [-0.2, -0.15) is 0 Å². The van der Waals surface area contributed by atoms with Gasteiger partial charge in [-0.05, 0) is 146 Å². The minimum Gasteiger partial charge on any atom is -0.0950 e. The van der Waals surface area contributed by atoms with Crippen molar-refractivity contribution in [3.05, 3.63) is 23.8 Å². The van der Waals surface area contributed by atoms with E-state index in [1.165, 1.54) is 12.3 Å². The Morgan fingerprint density at radius 2 is 1.03 bits per heavy atom. The molecule has 37 heavy (non-hydrogen) atoms. The largest absolute Gasteiger partial charge is 0.0950 e. The van der Waals surface area contributed by atoms with Crippen molar-refractivity contribution in [1.29, 1.82) is 0 Å². The number of hydrogen-bond acceptors (Lipinski definition) is 0. The summed E-state index contributed by atoms with van der Waals surface area (Å²) in [5.74, 6) is 9.70. The lowest BCUT2D eigenvalue weighted by Gasteiger charge is -2.62. The Morgan fingerprint density at radius 3 is 1.41 bits per heavy atom. The Balaban J connectivity index is 1.17. The molecule has 8 fully saturated rings. The molecule has 0 radical (unpaired) electrons. The Labute approximate surface area is 232 Å². The molecule has 2 heteroatoms. The van der Waals surface area contributed by atoms with Crippen molar-refractivity contribution in [1.82, 2.24) is 0 Å². The molecule has 0 aromatic rings. The first-order valence-electron chi connectivity index (χ1n) is 16.4. The first-order chi connectivity index (χ1) is 17.5. The monoisotopic (exact) mass is 538 g/mol. The Bertz CT molecular complexity index is 816. The zero-order chi connectivity index (χ0) is 25.7. The van der Waals surface area contributed by atoms with Crippen molar-refractivity contribution in [3.8, 4) is 0 Å². The molecule has 206 valence electrons. The fourth-order valence-electron chi connectivity index (χ4n) is 12.2. The van der Waals surface area contributed by atoms with Crippen LogP contribution < -0.4 is 0 Å². The summed E-state index contributed by atoms with van der Waals surface area (Å²) in [6.07, 6.45) is 27.0. The van der Waals surface area contributed by atoms with Gasteiger partial charge in [0.25, 0.3) is 0 Å². The standard InChI is InChI=1S/C35H56P2/c1-34(2,3)37(35(4,5)6)21-27-9-7-8-26(27)20-36(32-28-12-22-10-23(14-28)15-29(32)13-22)33-30-16-24-11-25(18-30)19-31(33)17-24/h7-9,22-25,27-33H,10-21H2,1-6H3. The van der Waals surface area contributed by atoms with Crippen molar-refractivity contribution in [3.63, 3.8) is 0 Å². The molecule has 0 aromatic heterocycles. The highest BCUT2D eigenvalue weighted by molar-refractivity contribution is 7.61. The van der Waals surface area contributed by atoms with Gasteiger partial charge < -0.3 is 0 Å². The molecular formula is C35H56P2. The van der Waals surface area contributed by atoms with Crippen LogP contribution in [0.25, 0.3) is 0 Å². The normalized spacial score (nSPS) is 46.8. The Hall–Kier alpha value is 0.340. The number of allylic oxidation sites excluding steroid dienone is 4. The summed E-state index contributed by atoms with van der Waals surface area (Å²) < 4.78 is 0. The van der Waals surface area contributed by atoms with Crippen LogP contribution in [0.15, 0.2) is 23.8 Å². The van der Waals surface area contributed by atoms with Crippen LogP contribution in [0.4, 0.5) is 0 Å². The van der Waals surface area contributed by atoms with Crippen molar-refractivity contribution < 1.29 is 0 Å². The summed E-state index contributed by atoms with van der Waals surface area (Å²) >= 11 is 0. The molecule has 9 aliphatic carbocycles. The van der Waals surface area contributed by atoms with Gasteiger partial charge in [0.1, 0.15) is 0 Å². The van der Waals surface area contributed by atoms with E-state index in [9.17, 15) is 0 Å². The molecule has 0 heterocycles. The number of hydrogen-bond donors (Lipinski definition) is 0. The van der Waals surface area contributed by atoms with Gasteiger partial charge in [-0.25, -0.2) is 0 Å². The molecule has 8 saturated carbocycles. The maximum Gasteiger partial charge on any atom is 0.00261 e. The van der Waals surface area contributed by atoms with E-state index in [1.807, 2.05) is 5.57 Å². The smallest absolute Gasteiger partial charge is 0.00261 e. The molecule has 1 atom stereocenters. The lowest BCUT2D eigenvalue weighted by atomic mass is 9.55. The van der Waals surface area contributed by atoms with Crippen LogP contribution in [0, 0.1) is 53.3 Å². The highest BCUT2D eigenvalue weighted by Gasteiger charge is 2.57. The van der Waals surface area contributed by atoms with Crippen molar-refractivity contribution in [2.24, 2.45) is 53.3 Å². The average molecular weight is 539 g/mol. The molecule has 0 spiro atoms. The lowest BCUT2D eigenvalue weighted by Crippen LogP contribution is -2.53. The van der Waals surface area contributed by atoms with Gasteiger partial charge in [0, 0.05) is 5.92 Å². The van der Waals surface area contributed by atoms with E-state index in [0.29, 0.717) is 10.3 Å². The molecule has 0 aromatic carbocycles. The second kappa shape index (κ2) is 9.44. The first-order valence-corrected chi connectivity index (χ1v) is 19.6. The van der Waals surface area contributed by atoms with Crippen molar-refractivity contribution in [2.75, 3.05) is 12.3 Å². The van der Waals surface area contributed by atoms with E-state index in [0.717, 1.165) is 64.6 Å². The molecule has 0 amide bonds. The SMILES string of the molecule is CC(C)(C)P(CC1C=CC=C1CP(C1C2CC3CC(C2)CC1C3)C1C2CC3CC(C2)CC1C3)C(C)(C)C. The summed E-state index contributed by atoms with van der Waals surface area (Å²) in [5, 5.41) is 0.866. The fourth-order valence-corrected chi connectivity index (χ4v) is 20.7. The second-order valence-electron chi connectivity index (χ2n) is 17.2. The van der Waals surface area contributed by atoms with Crippen LogP contribution in [-0.2, 0) is 0 Å². The third-order valence-electron chi connectivity index (χ3n) is 12.6. The van der Waals surface area contributed by atoms with Crippen LogP contribution in [0.3, 0.4) is 0 Å². The van der Waals surface area contributed by atoms with E-state index >= 15 is 0 Å². The molecule has 1 unspecified atom stereocenters. The van der Waals surface area contributed by atoms with Crippen LogP contribution in [0.2, 0.25) is 0 Å². The van der Waals surface area contributed by atoms with Crippen LogP contribution in [0.1, 0.15) is 106 Å². The predicted octanol–water partition coefficient (Wildman–Crippen LogP) is 10.3. The van der Waals surface area contributed by atoms with Crippen molar-refractivity contribution >= 4 is 15.8 Å². The summed E-state index contributed by atoms with van der Waals surface area (Å²) in [4.78, 5) is 0. The van der Waals surface area contributed by atoms with E-state index in [1.54, 1.807) is 64.2 Å². The van der Waals surface area contributed by atoms with Crippen molar-refractivity contribution in [2.45, 2.75) is 127 Å². The quantitative estimate of drug-likeness (QED) is 0.295. The Kier molecular flexibility index (Phi) is 6.70. The van der Waals surface area contributed by atoms with Gasteiger partial charge in [0.2, 0.25) is 0 Å². The zero-order valence-electron chi connectivity index (χ0n) is 25.0. The molecule has 8 bridgehead atoms. The maximum atomic E-state index is 2.64. The van der Waals surface area contributed by atoms with Gasteiger partial charge in [-0.1, -0.05) is 81.2 Å². The highest BCUT2D eigenvalue weighted by atomic mass is 31.1. The minimum absolute atomic E-state index is 0.0387. The molecule has 0 saturated heterocycles. The maximum absolute atomic E-state index is 2.64. The second-order valence-corrected chi connectivity index (χ2v) is 23.6. The molecule has 0 nitrogen and oxygen atoms in total. The summed E-state index contributed by atoms with van der Waals surface area (Å²) in [6, 6.07) is 0. The van der Waals surface area contributed by atoms with Crippen LogP contribution >= 0.6 is 15.8 Å². The van der Waals surface area contributed by atoms with Gasteiger partial charge >= 0.3 is 0 Å².